The number of esters is 2. The Morgan fingerprint density at radius 2 is 1.29 bits per heavy atom. The molecule has 0 aliphatic rings. The van der Waals surface area contributed by atoms with Crippen LogP contribution in [0.5, 0.6) is 11.5 Å². The van der Waals surface area contributed by atoms with E-state index in [2.05, 4.69) is 5.32 Å². The van der Waals surface area contributed by atoms with Gasteiger partial charge in [0.05, 0.1) is 37.0 Å². The molecule has 0 bridgehead atoms. The van der Waals surface area contributed by atoms with E-state index in [1.807, 2.05) is 6.07 Å². The number of aliphatic carboxylic acids is 1. The molecule has 1 amide bonds. The third kappa shape index (κ3) is 6.86. The van der Waals surface area contributed by atoms with Crippen molar-refractivity contribution in [1.29, 1.82) is 5.26 Å². The quantitative estimate of drug-likeness (QED) is 0.382. The molecule has 0 unspecified atom stereocenters. The van der Waals surface area contributed by atoms with Gasteiger partial charge in [0.1, 0.15) is 11.5 Å². The standard InChI is InChI=1S/C27H22N2O9/c1-35-20-7-3-5-17(13-20)26(33)37-22(24(30)29-19-11-9-16(15-28)10-12-19)23(25(31)32)38-27(34)18-6-4-8-21(14-18)36-2/h3-14,22-23H,1-2H3,(H,29,30)(H,31,32)/t22-,23+/m0/s1. The molecule has 2 atom stereocenters. The van der Waals surface area contributed by atoms with Crippen molar-refractivity contribution >= 4 is 29.5 Å². The van der Waals surface area contributed by atoms with Crippen LogP contribution in [0, 0.1) is 11.3 Å². The van der Waals surface area contributed by atoms with E-state index in [9.17, 15) is 24.3 Å². The second kappa shape index (κ2) is 12.5. The maximum atomic E-state index is 13.2. The largest absolute Gasteiger partial charge is 0.497 e. The van der Waals surface area contributed by atoms with Crippen molar-refractivity contribution in [2.75, 3.05) is 19.5 Å². The lowest BCUT2D eigenvalue weighted by Crippen LogP contribution is -2.48. The fraction of sp³-hybridized carbons (Fsp3) is 0.148. The van der Waals surface area contributed by atoms with Crippen LogP contribution in [0.1, 0.15) is 26.3 Å². The van der Waals surface area contributed by atoms with Crippen LogP contribution < -0.4 is 14.8 Å². The van der Waals surface area contributed by atoms with Gasteiger partial charge in [0.25, 0.3) is 5.91 Å². The molecule has 3 aromatic carbocycles. The Kier molecular flexibility index (Phi) is 8.99. The van der Waals surface area contributed by atoms with Crippen molar-refractivity contribution in [3.05, 3.63) is 89.5 Å². The molecule has 3 rings (SSSR count). The highest BCUT2D eigenvalue weighted by Gasteiger charge is 2.41. The lowest BCUT2D eigenvalue weighted by atomic mass is 10.1. The van der Waals surface area contributed by atoms with E-state index in [0.717, 1.165) is 0 Å². The third-order valence-corrected chi connectivity index (χ3v) is 5.14. The number of carboxylic acids is 1. The van der Waals surface area contributed by atoms with E-state index in [-0.39, 0.29) is 16.8 Å². The fourth-order valence-electron chi connectivity index (χ4n) is 3.20. The number of carbonyl (C=O) groups excluding carboxylic acids is 3. The summed E-state index contributed by atoms with van der Waals surface area (Å²) in [5.74, 6) is -4.35. The summed E-state index contributed by atoms with van der Waals surface area (Å²) in [6.45, 7) is 0. The highest BCUT2D eigenvalue weighted by atomic mass is 16.6. The summed E-state index contributed by atoms with van der Waals surface area (Å²) < 4.78 is 20.6. The Hall–Kier alpha value is -5.37. The number of carboxylic acid groups (broad SMARTS) is 1. The van der Waals surface area contributed by atoms with Crippen LogP contribution >= 0.6 is 0 Å². The minimum Gasteiger partial charge on any atom is -0.497 e. The van der Waals surface area contributed by atoms with E-state index < -0.39 is 36.0 Å². The van der Waals surface area contributed by atoms with Crippen LogP contribution in [0.15, 0.2) is 72.8 Å². The van der Waals surface area contributed by atoms with Crippen molar-refractivity contribution in [2.45, 2.75) is 12.2 Å². The molecule has 0 fully saturated rings. The van der Waals surface area contributed by atoms with Crippen molar-refractivity contribution < 1.29 is 43.2 Å². The number of hydrogen-bond donors (Lipinski definition) is 2. The first-order chi connectivity index (χ1) is 18.2. The van der Waals surface area contributed by atoms with Crippen molar-refractivity contribution in [3.8, 4) is 17.6 Å². The summed E-state index contributed by atoms with van der Waals surface area (Å²) in [5.41, 5.74) is 0.407. The zero-order valence-corrected chi connectivity index (χ0v) is 20.2. The molecule has 38 heavy (non-hydrogen) atoms. The minimum absolute atomic E-state index is 0.0382. The van der Waals surface area contributed by atoms with Gasteiger partial charge in [-0.05, 0) is 60.7 Å². The second-order valence-electron chi connectivity index (χ2n) is 7.63. The van der Waals surface area contributed by atoms with E-state index in [4.69, 9.17) is 24.2 Å². The molecule has 11 heteroatoms. The van der Waals surface area contributed by atoms with E-state index in [1.165, 1.54) is 74.9 Å². The zero-order chi connectivity index (χ0) is 27.7. The first-order valence-corrected chi connectivity index (χ1v) is 11.0. The van der Waals surface area contributed by atoms with Crippen molar-refractivity contribution in [3.63, 3.8) is 0 Å². The van der Waals surface area contributed by atoms with Crippen molar-refractivity contribution in [1.82, 2.24) is 0 Å². The predicted octanol–water partition coefficient (Wildman–Crippen LogP) is 3.05. The Morgan fingerprint density at radius 3 is 1.74 bits per heavy atom. The summed E-state index contributed by atoms with van der Waals surface area (Å²) >= 11 is 0. The SMILES string of the molecule is COc1cccc(C(=O)O[C@H](C(=O)Nc2ccc(C#N)cc2)[C@@H](OC(=O)c2cccc(OC)c2)C(=O)O)c1. The third-order valence-electron chi connectivity index (χ3n) is 5.14. The minimum atomic E-state index is -2.22. The topological polar surface area (TPSA) is 161 Å². The van der Waals surface area contributed by atoms with Gasteiger partial charge < -0.3 is 29.4 Å². The number of nitriles is 1. The number of benzene rings is 3. The summed E-state index contributed by atoms with van der Waals surface area (Å²) in [6.07, 6.45) is -4.32. The summed E-state index contributed by atoms with van der Waals surface area (Å²) in [5, 5.41) is 21.2. The van der Waals surface area contributed by atoms with Gasteiger partial charge in [-0.15, -0.1) is 0 Å². The molecule has 0 radical (unpaired) electrons. The van der Waals surface area contributed by atoms with Gasteiger partial charge in [-0.3, -0.25) is 4.79 Å². The molecule has 11 nitrogen and oxygen atoms in total. The smallest absolute Gasteiger partial charge is 0.349 e. The maximum Gasteiger partial charge on any atom is 0.349 e. The lowest BCUT2D eigenvalue weighted by molar-refractivity contribution is -0.157. The van der Waals surface area contributed by atoms with Crippen LogP contribution in [0.2, 0.25) is 0 Å². The number of ether oxygens (including phenoxy) is 4. The summed E-state index contributed by atoms with van der Waals surface area (Å²) in [6, 6.07) is 19.1. The monoisotopic (exact) mass is 518 g/mol. The molecule has 194 valence electrons. The Labute approximate surface area is 217 Å². The average molecular weight is 518 g/mol. The summed E-state index contributed by atoms with van der Waals surface area (Å²) in [4.78, 5) is 51.0. The number of nitrogens with zero attached hydrogens (tertiary/aromatic N) is 1. The van der Waals surface area contributed by atoms with Crippen LogP contribution in [0.4, 0.5) is 5.69 Å². The predicted molar refractivity (Wildman–Crippen MR) is 132 cm³/mol. The number of methoxy groups -OCH3 is 2. The lowest BCUT2D eigenvalue weighted by Gasteiger charge is -2.23. The molecule has 0 aliphatic heterocycles. The first kappa shape index (κ1) is 27.2. The van der Waals surface area contributed by atoms with Crippen molar-refractivity contribution in [2.24, 2.45) is 0 Å². The molecule has 2 N–H and O–H groups in total. The van der Waals surface area contributed by atoms with Gasteiger partial charge in [-0.1, -0.05) is 12.1 Å². The second-order valence-corrected chi connectivity index (χ2v) is 7.63. The van der Waals surface area contributed by atoms with E-state index in [1.54, 1.807) is 12.1 Å². The Morgan fingerprint density at radius 1 is 0.789 bits per heavy atom. The van der Waals surface area contributed by atoms with Gasteiger partial charge in [0, 0.05) is 5.69 Å². The van der Waals surface area contributed by atoms with Gasteiger partial charge in [0.15, 0.2) is 0 Å². The Balaban J connectivity index is 1.93. The molecular formula is C27H22N2O9. The van der Waals surface area contributed by atoms with Crippen LogP contribution in [-0.2, 0) is 19.1 Å². The van der Waals surface area contributed by atoms with Gasteiger partial charge in [0.2, 0.25) is 12.2 Å². The number of amides is 1. The number of anilines is 1. The number of carbonyl (C=O) groups is 4. The van der Waals surface area contributed by atoms with E-state index in [0.29, 0.717) is 17.1 Å². The highest BCUT2D eigenvalue weighted by molar-refractivity contribution is 6.01. The Bertz CT molecular complexity index is 1380. The average Bonchev–Trinajstić information content (AvgIpc) is 2.94. The first-order valence-electron chi connectivity index (χ1n) is 11.0. The molecule has 3 aromatic rings. The van der Waals surface area contributed by atoms with Crippen LogP contribution in [-0.4, -0.2) is 55.3 Å². The normalized spacial score (nSPS) is 11.7. The molecular weight excluding hydrogens is 496 g/mol. The van der Waals surface area contributed by atoms with Crippen LogP contribution in [0.3, 0.4) is 0 Å². The molecule has 0 saturated carbocycles. The van der Waals surface area contributed by atoms with Gasteiger partial charge in [-0.25, -0.2) is 14.4 Å². The van der Waals surface area contributed by atoms with E-state index >= 15 is 0 Å². The molecule has 0 aromatic heterocycles. The van der Waals surface area contributed by atoms with Gasteiger partial charge >= 0.3 is 17.9 Å². The molecule has 0 spiro atoms. The number of hydrogen-bond acceptors (Lipinski definition) is 9. The van der Waals surface area contributed by atoms with Crippen LogP contribution in [0.25, 0.3) is 0 Å². The van der Waals surface area contributed by atoms with Gasteiger partial charge in [-0.2, -0.15) is 5.26 Å². The number of rotatable bonds is 10. The molecule has 0 aliphatic carbocycles. The zero-order valence-electron chi connectivity index (χ0n) is 20.2. The fourth-order valence-corrected chi connectivity index (χ4v) is 3.20. The molecule has 0 heterocycles. The molecule has 0 saturated heterocycles. The maximum absolute atomic E-state index is 13.2. The number of nitrogens with one attached hydrogen (secondary N) is 1. The summed E-state index contributed by atoms with van der Waals surface area (Å²) in [7, 11) is 2.77. The highest BCUT2D eigenvalue weighted by Crippen LogP contribution is 2.20.